The molecule has 2 fully saturated rings. The Balaban J connectivity index is 1.69. The minimum absolute atomic E-state index is 0.0717. The van der Waals surface area contributed by atoms with Gasteiger partial charge in [0.1, 0.15) is 12.1 Å². The van der Waals surface area contributed by atoms with E-state index in [-0.39, 0.29) is 23.3 Å². The number of nitrogens with zero attached hydrogens (tertiary/aromatic N) is 2. The number of para-hydroxylation sites is 1. The maximum Gasteiger partial charge on any atom is 0.250 e. The number of rotatable bonds is 0. The van der Waals surface area contributed by atoms with Crippen molar-refractivity contribution in [3.05, 3.63) is 47.8 Å². The molecule has 2 aromatic rings. The summed E-state index contributed by atoms with van der Waals surface area (Å²) in [5, 5.41) is 1.15. The number of piperazine rings is 1. The fraction of sp³-hybridized carbons (Fsp3) is 0.429. The maximum absolute atomic E-state index is 13.2. The Hall–Kier alpha value is -2.56. The summed E-state index contributed by atoms with van der Waals surface area (Å²) < 4.78 is 0. The van der Waals surface area contributed by atoms with E-state index in [1.807, 2.05) is 18.3 Å². The first-order valence-electron chi connectivity index (χ1n) is 9.39. The molecule has 5 rings (SSSR count). The van der Waals surface area contributed by atoms with Crippen molar-refractivity contribution in [3.8, 4) is 0 Å². The van der Waals surface area contributed by atoms with Crippen LogP contribution in [0.3, 0.4) is 0 Å². The van der Waals surface area contributed by atoms with Gasteiger partial charge in [0.15, 0.2) is 0 Å². The van der Waals surface area contributed by atoms with Crippen molar-refractivity contribution in [2.75, 3.05) is 6.54 Å². The van der Waals surface area contributed by atoms with Crippen LogP contribution in [-0.4, -0.2) is 45.2 Å². The van der Waals surface area contributed by atoms with Crippen LogP contribution in [0.2, 0.25) is 0 Å². The fourth-order valence-electron chi connectivity index (χ4n) is 4.79. The normalized spacial score (nSPS) is 27.2. The van der Waals surface area contributed by atoms with E-state index in [4.69, 9.17) is 0 Å². The van der Waals surface area contributed by atoms with Crippen LogP contribution in [0, 0.1) is 0 Å². The third-order valence-electron chi connectivity index (χ3n) is 6.20. The highest BCUT2D eigenvalue weighted by atomic mass is 16.2. The fourth-order valence-corrected chi connectivity index (χ4v) is 4.79. The molecule has 5 heteroatoms. The highest BCUT2D eigenvalue weighted by Crippen LogP contribution is 2.38. The Morgan fingerprint density at radius 1 is 1.12 bits per heavy atom. The first-order chi connectivity index (χ1) is 12.5. The van der Waals surface area contributed by atoms with E-state index in [1.165, 1.54) is 0 Å². The molecule has 5 nitrogen and oxygen atoms in total. The Kier molecular flexibility index (Phi) is 3.15. The molecule has 2 atom stereocenters. The summed E-state index contributed by atoms with van der Waals surface area (Å²) in [6.07, 6.45) is 6.17. The van der Waals surface area contributed by atoms with Gasteiger partial charge in [-0.05, 0) is 24.5 Å². The van der Waals surface area contributed by atoms with Crippen molar-refractivity contribution in [3.63, 3.8) is 0 Å². The number of fused-ring (bicyclic) bond motifs is 5. The highest BCUT2D eigenvalue weighted by molar-refractivity contribution is 5.99. The lowest BCUT2D eigenvalue weighted by atomic mass is 9.82. The molecule has 2 saturated heterocycles. The zero-order chi connectivity index (χ0) is 18.1. The largest absolute Gasteiger partial charge is 0.357 e. The van der Waals surface area contributed by atoms with E-state index in [1.54, 1.807) is 9.80 Å². The number of H-pyrrole nitrogens is 1. The molecule has 0 bridgehead atoms. The Labute approximate surface area is 152 Å². The van der Waals surface area contributed by atoms with Crippen molar-refractivity contribution >= 4 is 22.7 Å². The average molecular weight is 349 g/mol. The first kappa shape index (κ1) is 15.7. The van der Waals surface area contributed by atoms with Gasteiger partial charge in [-0.25, -0.2) is 0 Å². The zero-order valence-electron chi connectivity index (χ0n) is 15.2. The monoisotopic (exact) mass is 349 g/mol. The van der Waals surface area contributed by atoms with Crippen LogP contribution in [0.15, 0.2) is 36.5 Å². The number of hydrogen-bond donors (Lipinski definition) is 1. The lowest BCUT2D eigenvalue weighted by Crippen LogP contribution is -2.62. The molecular weight excluding hydrogens is 326 g/mol. The molecule has 3 aliphatic heterocycles. The molecule has 2 amide bonds. The molecule has 4 heterocycles. The van der Waals surface area contributed by atoms with E-state index in [2.05, 4.69) is 37.0 Å². The summed E-state index contributed by atoms with van der Waals surface area (Å²) in [5.41, 5.74) is 3.14. The molecule has 1 aromatic carbocycles. The topological polar surface area (TPSA) is 56.4 Å². The molecule has 0 spiro atoms. The molecule has 3 aliphatic rings. The van der Waals surface area contributed by atoms with Gasteiger partial charge in [0.2, 0.25) is 11.8 Å². The van der Waals surface area contributed by atoms with Gasteiger partial charge in [0.25, 0.3) is 0 Å². The predicted octanol–water partition coefficient (Wildman–Crippen LogP) is 2.72. The second kappa shape index (κ2) is 5.22. The molecule has 0 radical (unpaired) electrons. The predicted molar refractivity (Wildman–Crippen MR) is 99.5 cm³/mol. The summed E-state index contributed by atoms with van der Waals surface area (Å²) >= 11 is 0. The van der Waals surface area contributed by atoms with Gasteiger partial charge in [0, 0.05) is 41.2 Å². The number of aromatic nitrogens is 1. The van der Waals surface area contributed by atoms with Crippen molar-refractivity contribution in [2.45, 2.75) is 50.6 Å². The third kappa shape index (κ3) is 2.03. The van der Waals surface area contributed by atoms with Crippen LogP contribution < -0.4 is 0 Å². The minimum atomic E-state index is -0.442. The lowest BCUT2D eigenvalue weighted by molar-refractivity contribution is -0.156. The first-order valence-corrected chi connectivity index (χ1v) is 9.39. The summed E-state index contributed by atoms with van der Waals surface area (Å²) in [5.74, 6) is 0.162. The van der Waals surface area contributed by atoms with E-state index in [0.29, 0.717) is 13.0 Å². The summed E-state index contributed by atoms with van der Waals surface area (Å²) in [4.78, 5) is 33.3. The van der Waals surface area contributed by atoms with Crippen molar-refractivity contribution in [2.24, 2.45) is 0 Å². The van der Waals surface area contributed by atoms with Crippen molar-refractivity contribution in [1.29, 1.82) is 0 Å². The Bertz CT molecular complexity index is 955. The molecule has 0 aliphatic carbocycles. The number of carbonyl (C=O) groups is 2. The van der Waals surface area contributed by atoms with Gasteiger partial charge < -0.3 is 14.8 Å². The van der Waals surface area contributed by atoms with Gasteiger partial charge in [-0.3, -0.25) is 9.59 Å². The molecule has 26 heavy (non-hydrogen) atoms. The third-order valence-corrected chi connectivity index (χ3v) is 6.20. The molecule has 2 unspecified atom stereocenters. The number of nitrogens with one attached hydrogen (secondary N) is 1. The van der Waals surface area contributed by atoms with Crippen molar-refractivity contribution < 1.29 is 9.59 Å². The molecule has 0 saturated carbocycles. The second-order valence-electron chi connectivity index (χ2n) is 8.22. The standard InChI is InChI=1S/C21H23N3O2/c1-21(2)9-11-24-17(20(26)23-10-5-8-16(23)19(24)25)12-14-13-6-3-4-7-15(13)22-18(14)21/h3-4,6-7,9,11,16-17,22H,5,8,10,12H2,1-2H3. The van der Waals surface area contributed by atoms with E-state index < -0.39 is 6.04 Å². The second-order valence-corrected chi connectivity index (χ2v) is 8.22. The molecular formula is C21H23N3O2. The van der Waals surface area contributed by atoms with Gasteiger partial charge in [-0.2, -0.15) is 0 Å². The number of hydrogen-bond acceptors (Lipinski definition) is 2. The van der Waals surface area contributed by atoms with Crippen LogP contribution in [-0.2, 0) is 21.4 Å². The SMILES string of the molecule is CC1(C)C=CN2C(=O)C3CCCN3C(=O)C2Cc2c1[nH]c1ccccc21. The summed E-state index contributed by atoms with van der Waals surface area (Å²) in [6.45, 7) is 5.00. The van der Waals surface area contributed by atoms with Crippen LogP contribution in [0.4, 0.5) is 0 Å². The zero-order valence-corrected chi connectivity index (χ0v) is 15.2. The van der Waals surface area contributed by atoms with Crippen LogP contribution >= 0.6 is 0 Å². The van der Waals surface area contributed by atoms with Crippen molar-refractivity contribution in [1.82, 2.24) is 14.8 Å². The minimum Gasteiger partial charge on any atom is -0.357 e. The van der Waals surface area contributed by atoms with Crippen LogP contribution in [0.25, 0.3) is 10.9 Å². The van der Waals surface area contributed by atoms with Gasteiger partial charge in [-0.15, -0.1) is 0 Å². The van der Waals surface area contributed by atoms with Gasteiger partial charge in [-0.1, -0.05) is 38.1 Å². The lowest BCUT2D eigenvalue weighted by Gasteiger charge is -2.42. The number of benzene rings is 1. The molecule has 1 N–H and O–H groups in total. The summed E-state index contributed by atoms with van der Waals surface area (Å²) in [7, 11) is 0. The average Bonchev–Trinajstić information content (AvgIpc) is 3.23. The highest BCUT2D eigenvalue weighted by Gasteiger charge is 2.48. The van der Waals surface area contributed by atoms with Crippen LogP contribution in [0.5, 0.6) is 0 Å². The molecule has 1 aromatic heterocycles. The van der Waals surface area contributed by atoms with E-state index >= 15 is 0 Å². The maximum atomic E-state index is 13.2. The Morgan fingerprint density at radius 2 is 1.92 bits per heavy atom. The summed E-state index contributed by atoms with van der Waals surface area (Å²) in [6, 6.07) is 7.51. The van der Waals surface area contributed by atoms with E-state index in [0.717, 1.165) is 35.0 Å². The smallest absolute Gasteiger partial charge is 0.250 e. The number of aromatic amines is 1. The number of carbonyl (C=O) groups excluding carboxylic acids is 2. The number of allylic oxidation sites excluding steroid dienone is 1. The molecule has 134 valence electrons. The van der Waals surface area contributed by atoms with Gasteiger partial charge in [0.05, 0.1) is 0 Å². The van der Waals surface area contributed by atoms with E-state index in [9.17, 15) is 9.59 Å². The number of amides is 2. The quantitative estimate of drug-likeness (QED) is 0.795. The Morgan fingerprint density at radius 3 is 2.77 bits per heavy atom. The van der Waals surface area contributed by atoms with Gasteiger partial charge >= 0.3 is 0 Å². The van der Waals surface area contributed by atoms with Crippen LogP contribution in [0.1, 0.15) is 37.9 Å².